The molecule has 0 amide bonds. The molecule has 0 heterocycles. The lowest BCUT2D eigenvalue weighted by atomic mass is 10.0. The first-order chi connectivity index (χ1) is 34.0. The lowest BCUT2D eigenvalue weighted by molar-refractivity contribution is -0.167. The summed E-state index contributed by atoms with van der Waals surface area (Å²) >= 11 is 0. The Balaban J connectivity index is 4.38. The van der Waals surface area contributed by atoms with Gasteiger partial charge in [-0.15, -0.1) is 0 Å². The van der Waals surface area contributed by atoms with Crippen LogP contribution in [-0.4, -0.2) is 37.2 Å². The van der Waals surface area contributed by atoms with Crippen molar-refractivity contribution in [2.24, 2.45) is 0 Å². The van der Waals surface area contributed by atoms with Crippen LogP contribution in [0.25, 0.3) is 0 Å². The van der Waals surface area contributed by atoms with E-state index in [2.05, 4.69) is 81.5 Å². The predicted octanol–water partition coefficient (Wildman–Crippen LogP) is 20.0. The molecule has 0 aliphatic heterocycles. The topological polar surface area (TPSA) is 78.9 Å². The van der Waals surface area contributed by atoms with E-state index in [9.17, 15) is 14.4 Å². The van der Waals surface area contributed by atoms with Gasteiger partial charge in [-0.3, -0.25) is 14.4 Å². The summed E-state index contributed by atoms with van der Waals surface area (Å²) in [6, 6.07) is 0. The Morgan fingerprint density at radius 2 is 0.565 bits per heavy atom. The first-order valence-electron chi connectivity index (χ1n) is 29.8. The maximum Gasteiger partial charge on any atom is 0.306 e. The number of esters is 3. The molecular formula is C63H112O6. The maximum absolute atomic E-state index is 12.9. The Labute approximate surface area is 428 Å². The van der Waals surface area contributed by atoms with Crippen molar-refractivity contribution in [3.05, 3.63) is 60.8 Å². The molecule has 0 bridgehead atoms. The smallest absolute Gasteiger partial charge is 0.306 e. The summed E-state index contributed by atoms with van der Waals surface area (Å²) in [5.74, 6) is -0.890. The van der Waals surface area contributed by atoms with Crippen LogP contribution in [0.5, 0.6) is 0 Å². The predicted molar refractivity (Wildman–Crippen MR) is 298 cm³/mol. The van der Waals surface area contributed by atoms with E-state index in [4.69, 9.17) is 14.2 Å². The van der Waals surface area contributed by atoms with E-state index >= 15 is 0 Å². The Morgan fingerprint density at radius 1 is 0.304 bits per heavy atom. The summed E-state index contributed by atoms with van der Waals surface area (Å²) in [6.07, 6.45) is 72.1. The van der Waals surface area contributed by atoms with Gasteiger partial charge in [0.15, 0.2) is 6.10 Å². The van der Waals surface area contributed by atoms with Crippen LogP contribution in [0.15, 0.2) is 60.8 Å². The molecule has 69 heavy (non-hydrogen) atoms. The van der Waals surface area contributed by atoms with E-state index in [0.717, 1.165) is 103 Å². The van der Waals surface area contributed by atoms with E-state index in [0.29, 0.717) is 19.3 Å². The van der Waals surface area contributed by atoms with Gasteiger partial charge in [0.05, 0.1) is 0 Å². The van der Waals surface area contributed by atoms with Crippen LogP contribution in [0.2, 0.25) is 0 Å². The first-order valence-corrected chi connectivity index (χ1v) is 29.8. The summed E-state index contributed by atoms with van der Waals surface area (Å²) in [4.78, 5) is 38.2. The van der Waals surface area contributed by atoms with Gasteiger partial charge >= 0.3 is 17.9 Å². The van der Waals surface area contributed by atoms with Crippen molar-refractivity contribution in [1.82, 2.24) is 0 Å². The molecule has 0 saturated carbocycles. The highest BCUT2D eigenvalue weighted by Gasteiger charge is 2.19. The minimum absolute atomic E-state index is 0.0801. The SMILES string of the molecule is CC/C=C\C/C=C\C/C=C\CCCCCCCCCC(=O)OC(COC(=O)CCCCCCC/C=C\C/C=C\CCCCCC)COC(=O)CCCCCCCCCCCCCCCCCCCC. The maximum atomic E-state index is 12.9. The normalized spacial score (nSPS) is 12.4. The monoisotopic (exact) mass is 965 g/mol. The fraction of sp³-hybridized carbons (Fsp3) is 0.794. The van der Waals surface area contributed by atoms with Gasteiger partial charge in [-0.05, 0) is 83.5 Å². The van der Waals surface area contributed by atoms with Gasteiger partial charge in [0, 0.05) is 19.3 Å². The number of hydrogen-bond acceptors (Lipinski definition) is 6. The van der Waals surface area contributed by atoms with Crippen molar-refractivity contribution in [3.8, 4) is 0 Å². The van der Waals surface area contributed by atoms with Gasteiger partial charge < -0.3 is 14.2 Å². The molecule has 400 valence electrons. The number of ether oxygens (including phenoxy) is 3. The summed E-state index contributed by atoms with van der Waals surface area (Å²) in [5.41, 5.74) is 0. The third kappa shape index (κ3) is 55.9. The highest BCUT2D eigenvalue weighted by Crippen LogP contribution is 2.16. The van der Waals surface area contributed by atoms with Gasteiger partial charge in [0.2, 0.25) is 0 Å². The second-order valence-corrected chi connectivity index (χ2v) is 19.9. The number of carbonyl (C=O) groups excluding carboxylic acids is 3. The van der Waals surface area contributed by atoms with Crippen molar-refractivity contribution in [1.29, 1.82) is 0 Å². The van der Waals surface area contributed by atoms with Gasteiger partial charge in [-0.1, -0.05) is 261 Å². The minimum Gasteiger partial charge on any atom is -0.462 e. The summed E-state index contributed by atoms with van der Waals surface area (Å²) in [7, 11) is 0. The Bertz CT molecular complexity index is 1250. The van der Waals surface area contributed by atoms with Crippen LogP contribution in [0.4, 0.5) is 0 Å². The second-order valence-electron chi connectivity index (χ2n) is 19.9. The van der Waals surface area contributed by atoms with Gasteiger partial charge in [-0.25, -0.2) is 0 Å². The van der Waals surface area contributed by atoms with Crippen molar-refractivity contribution in [2.75, 3.05) is 13.2 Å². The number of hydrogen-bond donors (Lipinski definition) is 0. The molecule has 1 atom stereocenters. The van der Waals surface area contributed by atoms with Crippen LogP contribution < -0.4 is 0 Å². The highest BCUT2D eigenvalue weighted by atomic mass is 16.6. The molecule has 0 aliphatic rings. The van der Waals surface area contributed by atoms with Gasteiger partial charge in [-0.2, -0.15) is 0 Å². The van der Waals surface area contributed by atoms with Crippen molar-refractivity contribution in [2.45, 2.75) is 309 Å². The Hall–Kier alpha value is -2.89. The van der Waals surface area contributed by atoms with Crippen LogP contribution in [0, 0.1) is 0 Å². The van der Waals surface area contributed by atoms with Gasteiger partial charge in [0.25, 0.3) is 0 Å². The quantitative estimate of drug-likeness (QED) is 0.0262. The van der Waals surface area contributed by atoms with Crippen LogP contribution >= 0.6 is 0 Å². The number of allylic oxidation sites excluding steroid dienone is 10. The largest absolute Gasteiger partial charge is 0.462 e. The van der Waals surface area contributed by atoms with Crippen LogP contribution in [0.1, 0.15) is 303 Å². The van der Waals surface area contributed by atoms with Gasteiger partial charge in [0.1, 0.15) is 13.2 Å². The van der Waals surface area contributed by atoms with Crippen molar-refractivity contribution < 1.29 is 28.6 Å². The van der Waals surface area contributed by atoms with E-state index in [1.165, 1.54) is 161 Å². The molecule has 0 saturated heterocycles. The van der Waals surface area contributed by atoms with E-state index in [1.807, 2.05) is 0 Å². The minimum atomic E-state index is -0.784. The Kier molecular flexibility index (Phi) is 55.3. The molecule has 6 heteroatoms. The molecule has 0 radical (unpaired) electrons. The average Bonchev–Trinajstić information content (AvgIpc) is 3.35. The van der Waals surface area contributed by atoms with Crippen LogP contribution in [-0.2, 0) is 28.6 Å². The molecule has 0 fully saturated rings. The second kappa shape index (κ2) is 57.7. The zero-order chi connectivity index (χ0) is 50.0. The van der Waals surface area contributed by atoms with Crippen molar-refractivity contribution in [3.63, 3.8) is 0 Å². The molecule has 0 aromatic heterocycles. The lowest BCUT2D eigenvalue weighted by Gasteiger charge is -2.18. The van der Waals surface area contributed by atoms with Crippen LogP contribution in [0.3, 0.4) is 0 Å². The lowest BCUT2D eigenvalue weighted by Crippen LogP contribution is -2.30. The molecule has 0 rings (SSSR count). The fourth-order valence-electron chi connectivity index (χ4n) is 8.55. The zero-order valence-electron chi connectivity index (χ0n) is 45.8. The number of rotatable bonds is 54. The Morgan fingerprint density at radius 3 is 0.899 bits per heavy atom. The molecule has 0 aromatic rings. The summed E-state index contributed by atoms with van der Waals surface area (Å²) < 4.78 is 16.9. The highest BCUT2D eigenvalue weighted by molar-refractivity contribution is 5.71. The number of unbranched alkanes of at least 4 members (excludes halogenated alkanes) is 33. The number of carbonyl (C=O) groups is 3. The molecule has 0 aromatic carbocycles. The molecule has 0 spiro atoms. The molecular weight excluding hydrogens is 853 g/mol. The van der Waals surface area contributed by atoms with E-state index in [-0.39, 0.29) is 31.1 Å². The third-order valence-electron chi connectivity index (χ3n) is 13.0. The van der Waals surface area contributed by atoms with Crippen molar-refractivity contribution >= 4 is 17.9 Å². The third-order valence-corrected chi connectivity index (χ3v) is 13.0. The average molecular weight is 966 g/mol. The molecule has 1 unspecified atom stereocenters. The first kappa shape index (κ1) is 66.1. The van der Waals surface area contributed by atoms with E-state index < -0.39 is 6.10 Å². The molecule has 0 aliphatic carbocycles. The molecule has 0 N–H and O–H groups in total. The fourth-order valence-corrected chi connectivity index (χ4v) is 8.55. The standard InChI is InChI=1S/C63H112O6/c1-4-7-10-13-16-19-22-25-28-31-33-35-38-41-44-47-50-53-56-62(65)68-59-60(58-67-61(64)55-52-49-46-43-40-37-34-30-27-24-21-18-15-12-9-6-3)69-63(66)57-54-51-48-45-42-39-36-32-29-26-23-20-17-14-11-8-5-2/h8,11,17,20-21,24,26,29-30,34,60H,4-7,9-10,12-16,18-19,22-23,25,27-28,31-33,35-59H2,1-3H3/b11-8-,20-17-,24-21-,29-26-,34-30-. The zero-order valence-corrected chi connectivity index (χ0v) is 45.8. The molecule has 6 nitrogen and oxygen atoms in total. The summed E-state index contributed by atoms with van der Waals surface area (Å²) in [5, 5.41) is 0. The summed E-state index contributed by atoms with van der Waals surface area (Å²) in [6.45, 7) is 6.53. The van der Waals surface area contributed by atoms with E-state index in [1.54, 1.807) is 0 Å².